The topological polar surface area (TPSA) is 38.1 Å². The Morgan fingerprint density at radius 3 is 2.26 bits per heavy atom. The summed E-state index contributed by atoms with van der Waals surface area (Å²) < 4.78 is 1.85. The standard InChI is InChI=1S/C30H31N3O/c1-22-13-14-23(2)28(19-22)33-29(21-27(31-33)26-11-7-4-8-12-26)30(34)32-17-15-25(16-18-32)20-24-9-5-3-6-10-24/h3-14,19,21,25H,15-18,20H2,1-2H3. The molecule has 1 aliphatic heterocycles. The lowest BCUT2D eigenvalue weighted by molar-refractivity contribution is 0.0681. The number of amides is 1. The van der Waals surface area contributed by atoms with Crippen molar-refractivity contribution in [3.63, 3.8) is 0 Å². The van der Waals surface area contributed by atoms with Crippen molar-refractivity contribution in [2.75, 3.05) is 13.1 Å². The molecule has 4 nitrogen and oxygen atoms in total. The maximum atomic E-state index is 13.8. The minimum atomic E-state index is 0.0637. The van der Waals surface area contributed by atoms with Gasteiger partial charge in [0.25, 0.3) is 5.91 Å². The van der Waals surface area contributed by atoms with Crippen LogP contribution in [0.15, 0.2) is 84.9 Å². The van der Waals surface area contributed by atoms with E-state index in [1.54, 1.807) is 0 Å². The van der Waals surface area contributed by atoms with E-state index < -0.39 is 0 Å². The van der Waals surface area contributed by atoms with Crippen molar-refractivity contribution in [2.45, 2.75) is 33.1 Å². The Morgan fingerprint density at radius 1 is 0.882 bits per heavy atom. The van der Waals surface area contributed by atoms with Crippen LogP contribution in [0, 0.1) is 19.8 Å². The third-order valence-electron chi connectivity index (χ3n) is 6.86. The summed E-state index contributed by atoms with van der Waals surface area (Å²) >= 11 is 0. The van der Waals surface area contributed by atoms with Crippen LogP contribution in [0.25, 0.3) is 16.9 Å². The monoisotopic (exact) mass is 449 g/mol. The van der Waals surface area contributed by atoms with Crippen molar-refractivity contribution < 1.29 is 4.79 Å². The summed E-state index contributed by atoms with van der Waals surface area (Å²) in [7, 11) is 0. The van der Waals surface area contributed by atoms with Gasteiger partial charge in [0.15, 0.2) is 0 Å². The summed E-state index contributed by atoms with van der Waals surface area (Å²) in [6.07, 6.45) is 3.15. The molecule has 3 aromatic carbocycles. The van der Waals surface area contributed by atoms with E-state index in [9.17, 15) is 4.79 Å². The predicted octanol–water partition coefficient (Wildman–Crippen LogP) is 6.25. The smallest absolute Gasteiger partial charge is 0.272 e. The summed E-state index contributed by atoms with van der Waals surface area (Å²) in [5.74, 6) is 0.684. The van der Waals surface area contributed by atoms with Gasteiger partial charge in [0.2, 0.25) is 0 Å². The molecule has 34 heavy (non-hydrogen) atoms. The van der Waals surface area contributed by atoms with E-state index in [4.69, 9.17) is 5.10 Å². The molecule has 0 radical (unpaired) electrons. The van der Waals surface area contributed by atoms with Gasteiger partial charge in [-0.3, -0.25) is 4.79 Å². The van der Waals surface area contributed by atoms with Gasteiger partial charge in [-0.1, -0.05) is 72.8 Å². The average molecular weight is 450 g/mol. The fourth-order valence-electron chi connectivity index (χ4n) is 4.86. The van der Waals surface area contributed by atoms with Crippen LogP contribution in [0.2, 0.25) is 0 Å². The molecule has 2 heterocycles. The molecule has 5 rings (SSSR count). The average Bonchev–Trinajstić information content (AvgIpc) is 3.32. The van der Waals surface area contributed by atoms with Crippen LogP contribution in [0.3, 0.4) is 0 Å². The van der Waals surface area contributed by atoms with Crippen molar-refractivity contribution in [2.24, 2.45) is 5.92 Å². The Morgan fingerprint density at radius 2 is 1.56 bits per heavy atom. The lowest BCUT2D eigenvalue weighted by Gasteiger charge is -2.32. The first kappa shape index (κ1) is 22.1. The molecule has 1 fully saturated rings. The number of rotatable bonds is 5. The van der Waals surface area contributed by atoms with Gasteiger partial charge in [0.05, 0.1) is 11.4 Å². The second-order valence-electron chi connectivity index (χ2n) is 9.41. The minimum absolute atomic E-state index is 0.0637. The number of nitrogens with zero attached hydrogens (tertiary/aromatic N) is 3. The van der Waals surface area contributed by atoms with Crippen LogP contribution in [0.1, 0.15) is 40.0 Å². The number of piperidine rings is 1. The highest BCUT2D eigenvalue weighted by Crippen LogP contribution is 2.27. The molecule has 0 unspecified atom stereocenters. The van der Waals surface area contributed by atoms with Gasteiger partial charge in [-0.2, -0.15) is 5.10 Å². The summed E-state index contributed by atoms with van der Waals surface area (Å²) in [4.78, 5) is 15.8. The van der Waals surface area contributed by atoms with Gasteiger partial charge < -0.3 is 4.90 Å². The lowest BCUT2D eigenvalue weighted by Crippen LogP contribution is -2.39. The molecule has 0 saturated carbocycles. The third kappa shape index (κ3) is 4.67. The number of benzene rings is 3. The number of aryl methyl sites for hydroxylation is 2. The van der Waals surface area contributed by atoms with Crippen molar-refractivity contribution in [1.82, 2.24) is 14.7 Å². The Balaban J connectivity index is 1.41. The molecule has 4 aromatic rings. The number of likely N-dealkylation sites (tertiary alicyclic amines) is 1. The van der Waals surface area contributed by atoms with E-state index in [0.29, 0.717) is 11.6 Å². The van der Waals surface area contributed by atoms with Crippen LogP contribution in [0.4, 0.5) is 0 Å². The predicted molar refractivity (Wildman–Crippen MR) is 137 cm³/mol. The van der Waals surface area contributed by atoms with Gasteiger partial charge in [-0.15, -0.1) is 0 Å². The minimum Gasteiger partial charge on any atom is -0.337 e. The lowest BCUT2D eigenvalue weighted by atomic mass is 9.90. The zero-order chi connectivity index (χ0) is 23.5. The molecule has 1 amide bonds. The van der Waals surface area contributed by atoms with Crippen LogP contribution < -0.4 is 0 Å². The van der Waals surface area contributed by atoms with Crippen LogP contribution in [0.5, 0.6) is 0 Å². The first-order valence-corrected chi connectivity index (χ1v) is 12.1. The summed E-state index contributed by atoms with van der Waals surface area (Å²) in [5.41, 5.74) is 7.07. The van der Waals surface area contributed by atoms with E-state index in [1.807, 2.05) is 46.0 Å². The highest BCUT2D eigenvalue weighted by Gasteiger charge is 2.27. The van der Waals surface area contributed by atoms with Gasteiger partial charge in [-0.05, 0) is 67.9 Å². The Bertz CT molecular complexity index is 1270. The van der Waals surface area contributed by atoms with E-state index in [0.717, 1.165) is 60.4 Å². The van der Waals surface area contributed by atoms with Gasteiger partial charge in [0, 0.05) is 18.7 Å². The first-order chi connectivity index (χ1) is 16.6. The molecule has 1 aliphatic rings. The molecule has 0 N–H and O–H groups in total. The molecule has 1 saturated heterocycles. The van der Waals surface area contributed by atoms with Crippen LogP contribution in [-0.2, 0) is 6.42 Å². The highest BCUT2D eigenvalue weighted by atomic mass is 16.2. The van der Waals surface area contributed by atoms with E-state index in [2.05, 4.69) is 62.4 Å². The Labute approximate surface area is 201 Å². The second-order valence-corrected chi connectivity index (χ2v) is 9.41. The Hall–Kier alpha value is -3.66. The number of aromatic nitrogens is 2. The number of carbonyl (C=O) groups is 1. The van der Waals surface area contributed by atoms with E-state index in [-0.39, 0.29) is 5.91 Å². The van der Waals surface area contributed by atoms with Crippen LogP contribution in [-0.4, -0.2) is 33.7 Å². The van der Waals surface area contributed by atoms with E-state index >= 15 is 0 Å². The summed E-state index contributed by atoms with van der Waals surface area (Å²) in [5, 5.41) is 4.91. The number of hydrogen-bond acceptors (Lipinski definition) is 2. The summed E-state index contributed by atoms with van der Waals surface area (Å²) in [6, 6.07) is 29.0. The van der Waals surface area contributed by atoms with Crippen molar-refractivity contribution in [3.05, 3.63) is 107 Å². The highest BCUT2D eigenvalue weighted by molar-refractivity contribution is 5.94. The molecule has 172 valence electrons. The maximum Gasteiger partial charge on any atom is 0.272 e. The molecule has 0 aliphatic carbocycles. The fourth-order valence-corrected chi connectivity index (χ4v) is 4.86. The van der Waals surface area contributed by atoms with E-state index in [1.165, 1.54) is 5.56 Å². The van der Waals surface area contributed by atoms with Crippen molar-refractivity contribution >= 4 is 5.91 Å². The zero-order valence-corrected chi connectivity index (χ0v) is 19.9. The van der Waals surface area contributed by atoms with Crippen LogP contribution >= 0.6 is 0 Å². The molecular formula is C30H31N3O. The maximum absolute atomic E-state index is 13.8. The Kier molecular flexibility index (Phi) is 6.31. The molecule has 0 atom stereocenters. The molecule has 0 spiro atoms. The number of hydrogen-bond donors (Lipinski definition) is 0. The van der Waals surface area contributed by atoms with Crippen molar-refractivity contribution in [1.29, 1.82) is 0 Å². The largest absolute Gasteiger partial charge is 0.337 e. The third-order valence-corrected chi connectivity index (χ3v) is 6.86. The first-order valence-electron chi connectivity index (χ1n) is 12.1. The van der Waals surface area contributed by atoms with Crippen molar-refractivity contribution in [3.8, 4) is 16.9 Å². The van der Waals surface area contributed by atoms with Gasteiger partial charge in [0.1, 0.15) is 5.69 Å². The molecule has 1 aromatic heterocycles. The number of carbonyl (C=O) groups excluding carboxylic acids is 1. The zero-order valence-electron chi connectivity index (χ0n) is 19.9. The second kappa shape index (κ2) is 9.68. The normalized spacial score (nSPS) is 14.4. The SMILES string of the molecule is Cc1ccc(C)c(-n2nc(-c3ccccc3)cc2C(=O)N2CCC(Cc3ccccc3)CC2)c1. The molecule has 4 heteroatoms. The van der Waals surface area contributed by atoms with Gasteiger partial charge in [-0.25, -0.2) is 4.68 Å². The molecular weight excluding hydrogens is 418 g/mol. The summed E-state index contributed by atoms with van der Waals surface area (Å²) in [6.45, 7) is 5.72. The quantitative estimate of drug-likeness (QED) is 0.361. The van der Waals surface area contributed by atoms with Gasteiger partial charge >= 0.3 is 0 Å². The molecule has 0 bridgehead atoms. The fraction of sp³-hybridized carbons (Fsp3) is 0.267.